The quantitative estimate of drug-likeness (QED) is 0.628. The number of carbonyl (C=O) groups is 2. The minimum atomic E-state index is -0.980. The van der Waals surface area contributed by atoms with E-state index in [1.54, 1.807) is 24.5 Å². The number of carbonyl (C=O) groups excluding carboxylic acids is 1. The molecule has 3 heterocycles. The zero-order chi connectivity index (χ0) is 18.1. The number of hydrogen-bond donors (Lipinski definition) is 3. The van der Waals surface area contributed by atoms with Crippen molar-refractivity contribution in [2.24, 2.45) is 0 Å². The Balaban J connectivity index is 1.57. The fourth-order valence-electron chi connectivity index (χ4n) is 2.39. The summed E-state index contributed by atoms with van der Waals surface area (Å²) >= 11 is 0. The second-order valence-corrected chi connectivity index (χ2v) is 5.99. The molecule has 0 unspecified atom stereocenters. The van der Waals surface area contributed by atoms with Gasteiger partial charge in [0, 0.05) is 17.8 Å². The Hall–Kier alpha value is -3.56. The first-order chi connectivity index (χ1) is 12.6. The van der Waals surface area contributed by atoms with Crippen LogP contribution in [0.5, 0.6) is 0 Å². The van der Waals surface area contributed by atoms with Crippen molar-refractivity contribution < 1.29 is 14.7 Å². The predicted molar refractivity (Wildman–Crippen MR) is 91.4 cm³/mol. The van der Waals surface area contributed by atoms with Crippen LogP contribution >= 0.6 is 0 Å². The number of anilines is 1. The van der Waals surface area contributed by atoms with Crippen molar-refractivity contribution in [2.45, 2.75) is 25.4 Å². The third kappa shape index (κ3) is 3.58. The lowest BCUT2D eigenvalue weighted by Gasteiger charge is -2.06. The summed E-state index contributed by atoms with van der Waals surface area (Å²) in [5, 5.41) is 18.3. The van der Waals surface area contributed by atoms with E-state index in [1.165, 1.54) is 10.9 Å². The van der Waals surface area contributed by atoms with Crippen LogP contribution in [0.1, 0.15) is 12.8 Å². The first-order valence-electron chi connectivity index (χ1n) is 8.03. The zero-order valence-corrected chi connectivity index (χ0v) is 13.6. The maximum Gasteiger partial charge on any atom is 0.325 e. The van der Waals surface area contributed by atoms with Crippen LogP contribution in [0, 0.1) is 0 Å². The molecule has 0 spiro atoms. The van der Waals surface area contributed by atoms with E-state index < -0.39 is 5.97 Å². The number of amides is 2. The molecule has 132 valence electrons. The molecule has 10 heteroatoms. The van der Waals surface area contributed by atoms with Gasteiger partial charge in [-0.05, 0) is 25.0 Å². The van der Waals surface area contributed by atoms with Crippen LogP contribution in [0.15, 0.2) is 30.7 Å². The van der Waals surface area contributed by atoms with Gasteiger partial charge in [0.05, 0.1) is 18.1 Å². The summed E-state index contributed by atoms with van der Waals surface area (Å²) in [5.74, 6) is -0.602. The second-order valence-electron chi connectivity index (χ2n) is 5.99. The van der Waals surface area contributed by atoms with Gasteiger partial charge in [0.25, 0.3) is 0 Å². The normalized spacial score (nSPS) is 13.5. The van der Waals surface area contributed by atoms with Crippen molar-refractivity contribution >= 4 is 29.0 Å². The van der Waals surface area contributed by atoms with Gasteiger partial charge in [0.15, 0.2) is 5.65 Å². The summed E-state index contributed by atoms with van der Waals surface area (Å²) in [5.41, 5.74) is 2.10. The molecule has 10 nitrogen and oxygen atoms in total. The van der Waals surface area contributed by atoms with E-state index >= 15 is 0 Å². The first-order valence-corrected chi connectivity index (χ1v) is 8.03. The van der Waals surface area contributed by atoms with Crippen LogP contribution in [-0.4, -0.2) is 47.9 Å². The lowest BCUT2D eigenvalue weighted by atomic mass is 10.2. The summed E-state index contributed by atoms with van der Waals surface area (Å²) < 4.78 is 1.30. The first kappa shape index (κ1) is 15.9. The highest BCUT2D eigenvalue weighted by Gasteiger charge is 2.23. The highest BCUT2D eigenvalue weighted by molar-refractivity contribution is 5.89. The van der Waals surface area contributed by atoms with Gasteiger partial charge < -0.3 is 10.4 Å². The topological polar surface area (TPSA) is 135 Å². The molecule has 3 N–H and O–H groups in total. The van der Waals surface area contributed by atoms with Gasteiger partial charge in [-0.25, -0.2) is 14.8 Å². The third-order valence-corrected chi connectivity index (χ3v) is 3.79. The number of nitrogens with one attached hydrogen (secondary N) is 2. The van der Waals surface area contributed by atoms with E-state index in [-0.39, 0.29) is 18.6 Å². The van der Waals surface area contributed by atoms with Gasteiger partial charge in [-0.2, -0.15) is 5.10 Å². The van der Waals surface area contributed by atoms with Gasteiger partial charge in [0.1, 0.15) is 17.9 Å². The molecule has 1 saturated carbocycles. The molecule has 4 rings (SSSR count). The van der Waals surface area contributed by atoms with Crippen molar-refractivity contribution in [2.75, 3.05) is 5.32 Å². The highest BCUT2D eigenvalue weighted by Crippen LogP contribution is 2.20. The van der Waals surface area contributed by atoms with Crippen LogP contribution in [0.3, 0.4) is 0 Å². The monoisotopic (exact) mass is 353 g/mol. The molecule has 0 saturated heterocycles. The van der Waals surface area contributed by atoms with E-state index in [0.717, 1.165) is 12.8 Å². The fourth-order valence-corrected chi connectivity index (χ4v) is 2.39. The molecule has 0 radical (unpaired) electrons. The van der Waals surface area contributed by atoms with Crippen LogP contribution in [0.4, 0.5) is 10.6 Å². The number of carboxylic acid groups (broad SMARTS) is 1. The molecular weight excluding hydrogens is 338 g/mol. The van der Waals surface area contributed by atoms with Crippen LogP contribution in [0.2, 0.25) is 0 Å². The molecule has 1 aliphatic carbocycles. The second kappa shape index (κ2) is 6.39. The number of fused-ring (bicyclic) bond motifs is 1. The van der Waals surface area contributed by atoms with Gasteiger partial charge in [0.2, 0.25) is 0 Å². The van der Waals surface area contributed by atoms with Crippen molar-refractivity contribution in [1.29, 1.82) is 0 Å². The predicted octanol–water partition coefficient (Wildman–Crippen LogP) is 1.26. The van der Waals surface area contributed by atoms with Crippen LogP contribution in [0.25, 0.3) is 22.4 Å². The Bertz CT molecular complexity index is 996. The molecule has 0 atom stereocenters. The summed E-state index contributed by atoms with van der Waals surface area (Å²) in [6, 6.07) is 3.34. The summed E-state index contributed by atoms with van der Waals surface area (Å²) in [6.07, 6.45) is 6.67. The number of rotatable bonds is 5. The highest BCUT2D eigenvalue weighted by atomic mass is 16.4. The number of carboxylic acids is 1. The maximum absolute atomic E-state index is 11.8. The lowest BCUT2D eigenvalue weighted by molar-refractivity contribution is -0.137. The average molecular weight is 353 g/mol. The van der Waals surface area contributed by atoms with Crippen molar-refractivity contribution in [1.82, 2.24) is 30.0 Å². The number of hydrogen-bond acceptors (Lipinski definition) is 6. The molecule has 26 heavy (non-hydrogen) atoms. The van der Waals surface area contributed by atoms with E-state index in [4.69, 9.17) is 5.11 Å². The molecular formula is C16H15N7O3. The molecule has 3 aromatic heterocycles. The van der Waals surface area contributed by atoms with Crippen molar-refractivity contribution in [3.8, 4) is 11.3 Å². The van der Waals surface area contributed by atoms with Crippen molar-refractivity contribution in [3.63, 3.8) is 0 Å². The van der Waals surface area contributed by atoms with E-state index in [1.807, 2.05) is 0 Å². The molecule has 3 aromatic rings. The number of urea groups is 1. The summed E-state index contributed by atoms with van der Waals surface area (Å²) in [7, 11) is 0. The smallest absolute Gasteiger partial charge is 0.325 e. The minimum Gasteiger partial charge on any atom is -0.480 e. The van der Waals surface area contributed by atoms with Gasteiger partial charge in [-0.3, -0.25) is 19.8 Å². The Labute approximate surface area is 147 Å². The third-order valence-electron chi connectivity index (χ3n) is 3.79. The molecule has 0 bridgehead atoms. The van der Waals surface area contributed by atoms with Gasteiger partial charge >= 0.3 is 12.0 Å². The number of aromatic nitrogens is 5. The Morgan fingerprint density at radius 2 is 2.08 bits per heavy atom. The van der Waals surface area contributed by atoms with E-state index in [2.05, 4.69) is 30.7 Å². The van der Waals surface area contributed by atoms with Crippen LogP contribution in [-0.2, 0) is 11.3 Å². The number of pyridine rings is 1. The molecule has 1 fully saturated rings. The van der Waals surface area contributed by atoms with Gasteiger partial charge in [-0.1, -0.05) is 0 Å². The number of aliphatic carboxylic acids is 1. The maximum atomic E-state index is 11.8. The van der Waals surface area contributed by atoms with Crippen LogP contribution < -0.4 is 10.6 Å². The Morgan fingerprint density at radius 3 is 2.85 bits per heavy atom. The molecule has 0 aliphatic heterocycles. The molecule has 0 aromatic carbocycles. The van der Waals surface area contributed by atoms with Crippen molar-refractivity contribution in [3.05, 3.63) is 30.7 Å². The average Bonchev–Trinajstić information content (AvgIpc) is 3.29. The largest absolute Gasteiger partial charge is 0.480 e. The lowest BCUT2D eigenvalue weighted by Crippen LogP contribution is -2.30. The van der Waals surface area contributed by atoms with Gasteiger partial charge in [-0.15, -0.1) is 0 Å². The molecule has 1 aliphatic rings. The number of nitrogens with zero attached hydrogens (tertiary/aromatic N) is 5. The Kier molecular flexibility index (Phi) is 3.92. The minimum absolute atomic E-state index is 0.233. The zero-order valence-electron chi connectivity index (χ0n) is 13.6. The standard InChI is InChI=1S/C16H15N7O3/c24-14(25)8-23-7-9(5-18-23)12-6-17-11-3-4-13(21-15(11)20-12)22-16(26)19-10-1-2-10/h3-7,10H,1-2,8H2,(H,24,25)(H2,19,20,21,22,26). The SMILES string of the molecule is O=C(O)Cn1cc(-c2cnc3ccc(NC(=O)NC4CC4)nc3n2)cn1. The summed E-state index contributed by atoms with van der Waals surface area (Å²) in [4.78, 5) is 35.6. The molecule has 2 amide bonds. The Morgan fingerprint density at radius 1 is 1.23 bits per heavy atom. The van der Waals surface area contributed by atoms with E-state index in [9.17, 15) is 9.59 Å². The summed E-state index contributed by atoms with van der Waals surface area (Å²) in [6.45, 7) is -0.233. The van der Waals surface area contributed by atoms with E-state index in [0.29, 0.717) is 28.2 Å². The fraction of sp³-hybridized carbons (Fsp3) is 0.250.